The highest BCUT2D eigenvalue weighted by Crippen LogP contribution is 2.19. The van der Waals surface area contributed by atoms with E-state index in [1.807, 2.05) is 18.2 Å². The summed E-state index contributed by atoms with van der Waals surface area (Å²) in [6.45, 7) is 4.24. The van der Waals surface area contributed by atoms with Crippen LogP contribution in [-0.2, 0) is 4.79 Å². The van der Waals surface area contributed by atoms with Crippen molar-refractivity contribution < 1.29 is 4.79 Å². The van der Waals surface area contributed by atoms with Crippen LogP contribution in [-0.4, -0.2) is 5.91 Å². The topological polar surface area (TPSA) is 43.1 Å². The van der Waals surface area contributed by atoms with E-state index >= 15 is 0 Å². The maximum Gasteiger partial charge on any atom is 0.241 e. The van der Waals surface area contributed by atoms with E-state index in [0.717, 1.165) is 5.56 Å². The maximum absolute atomic E-state index is 10.6. The molecule has 0 heterocycles. The van der Waals surface area contributed by atoms with Crippen LogP contribution in [0.3, 0.4) is 0 Å². The lowest BCUT2D eigenvalue weighted by Crippen LogP contribution is -2.05. The summed E-state index contributed by atoms with van der Waals surface area (Å²) in [6.07, 6.45) is 3.15. The van der Waals surface area contributed by atoms with E-state index in [2.05, 4.69) is 19.9 Å². The van der Waals surface area contributed by atoms with Gasteiger partial charge in [0, 0.05) is 6.08 Å². The molecule has 0 saturated carbocycles. The molecule has 2 N–H and O–H groups in total. The van der Waals surface area contributed by atoms with Crippen molar-refractivity contribution in [2.45, 2.75) is 19.8 Å². The van der Waals surface area contributed by atoms with Gasteiger partial charge in [-0.15, -0.1) is 0 Å². The van der Waals surface area contributed by atoms with Gasteiger partial charge >= 0.3 is 0 Å². The van der Waals surface area contributed by atoms with Crippen molar-refractivity contribution in [2.75, 3.05) is 0 Å². The van der Waals surface area contributed by atoms with Gasteiger partial charge < -0.3 is 5.73 Å². The zero-order chi connectivity index (χ0) is 10.6. The zero-order valence-electron chi connectivity index (χ0n) is 8.53. The minimum atomic E-state index is -0.413. The molecule has 0 bridgehead atoms. The van der Waals surface area contributed by atoms with Crippen LogP contribution in [0.15, 0.2) is 30.3 Å². The van der Waals surface area contributed by atoms with Gasteiger partial charge in [-0.3, -0.25) is 4.79 Å². The molecule has 14 heavy (non-hydrogen) atoms. The monoisotopic (exact) mass is 189 g/mol. The van der Waals surface area contributed by atoms with Crippen molar-refractivity contribution in [2.24, 2.45) is 5.73 Å². The quantitative estimate of drug-likeness (QED) is 0.728. The number of benzene rings is 1. The van der Waals surface area contributed by atoms with E-state index in [4.69, 9.17) is 5.73 Å². The number of primary amides is 1. The first kappa shape index (κ1) is 10.5. The Balaban J connectivity index is 3.01. The molecule has 0 aromatic heterocycles. The smallest absolute Gasteiger partial charge is 0.241 e. The molecule has 0 saturated heterocycles. The first-order chi connectivity index (χ1) is 6.61. The molecular formula is C12H15NO. The van der Waals surface area contributed by atoms with Crippen molar-refractivity contribution in [3.05, 3.63) is 41.5 Å². The number of amides is 1. The average Bonchev–Trinajstić information content (AvgIpc) is 2.15. The van der Waals surface area contributed by atoms with Crippen LogP contribution >= 0.6 is 0 Å². The number of carbonyl (C=O) groups is 1. The standard InChI is InChI=1S/C12H15NO/c1-9(2)11-6-4-3-5-10(11)7-8-12(13)14/h3-9H,1-2H3,(H2,13,14)/b8-7+. The van der Waals surface area contributed by atoms with Crippen LogP contribution in [0.5, 0.6) is 0 Å². The van der Waals surface area contributed by atoms with Crippen molar-refractivity contribution in [3.8, 4) is 0 Å². The lowest BCUT2D eigenvalue weighted by Gasteiger charge is -2.08. The van der Waals surface area contributed by atoms with E-state index < -0.39 is 5.91 Å². The van der Waals surface area contributed by atoms with Gasteiger partial charge in [0.15, 0.2) is 0 Å². The second kappa shape index (κ2) is 4.61. The van der Waals surface area contributed by atoms with E-state index in [1.54, 1.807) is 6.08 Å². The molecule has 0 aliphatic rings. The Morgan fingerprint density at radius 1 is 1.36 bits per heavy atom. The molecule has 2 nitrogen and oxygen atoms in total. The normalized spacial score (nSPS) is 11.1. The number of carbonyl (C=O) groups excluding carboxylic acids is 1. The third-order valence-electron chi connectivity index (χ3n) is 2.05. The summed E-state index contributed by atoms with van der Waals surface area (Å²) in [5.41, 5.74) is 7.32. The van der Waals surface area contributed by atoms with Gasteiger partial charge in [-0.25, -0.2) is 0 Å². The zero-order valence-corrected chi connectivity index (χ0v) is 8.53. The molecule has 0 unspecified atom stereocenters. The molecule has 0 fully saturated rings. The lowest BCUT2D eigenvalue weighted by molar-refractivity contribution is -0.113. The Hall–Kier alpha value is -1.57. The first-order valence-corrected chi connectivity index (χ1v) is 4.67. The molecule has 0 spiro atoms. The van der Waals surface area contributed by atoms with Crippen LogP contribution in [0.4, 0.5) is 0 Å². The number of hydrogen-bond acceptors (Lipinski definition) is 1. The van der Waals surface area contributed by atoms with E-state index in [1.165, 1.54) is 11.6 Å². The van der Waals surface area contributed by atoms with Crippen molar-refractivity contribution >= 4 is 12.0 Å². The molecule has 0 aliphatic heterocycles. The van der Waals surface area contributed by atoms with Crippen LogP contribution < -0.4 is 5.73 Å². The maximum atomic E-state index is 10.6. The number of hydrogen-bond donors (Lipinski definition) is 1. The van der Waals surface area contributed by atoms with Crippen molar-refractivity contribution in [3.63, 3.8) is 0 Å². The minimum absolute atomic E-state index is 0.413. The molecule has 0 aliphatic carbocycles. The average molecular weight is 189 g/mol. The van der Waals surface area contributed by atoms with Crippen LogP contribution in [0.25, 0.3) is 6.08 Å². The van der Waals surface area contributed by atoms with Gasteiger partial charge in [0.2, 0.25) is 5.91 Å². The first-order valence-electron chi connectivity index (χ1n) is 4.67. The van der Waals surface area contributed by atoms with Gasteiger partial charge in [0.05, 0.1) is 0 Å². The van der Waals surface area contributed by atoms with E-state index in [9.17, 15) is 4.79 Å². The summed E-state index contributed by atoms with van der Waals surface area (Å²) in [6, 6.07) is 7.99. The van der Waals surface area contributed by atoms with Crippen molar-refractivity contribution in [1.82, 2.24) is 0 Å². The van der Waals surface area contributed by atoms with Gasteiger partial charge in [0.25, 0.3) is 0 Å². The minimum Gasteiger partial charge on any atom is -0.366 e. The Morgan fingerprint density at radius 2 is 2.00 bits per heavy atom. The van der Waals surface area contributed by atoms with E-state index in [0.29, 0.717) is 5.92 Å². The summed E-state index contributed by atoms with van der Waals surface area (Å²) in [7, 11) is 0. The SMILES string of the molecule is CC(C)c1ccccc1/C=C/C(N)=O. The summed E-state index contributed by atoms with van der Waals surface area (Å²) in [4.78, 5) is 10.6. The third-order valence-corrected chi connectivity index (χ3v) is 2.05. The molecule has 1 amide bonds. The second-order valence-corrected chi connectivity index (χ2v) is 3.52. The fourth-order valence-corrected chi connectivity index (χ4v) is 1.36. The van der Waals surface area contributed by atoms with Gasteiger partial charge in [-0.2, -0.15) is 0 Å². The molecule has 1 rings (SSSR count). The largest absolute Gasteiger partial charge is 0.366 e. The Morgan fingerprint density at radius 3 is 2.57 bits per heavy atom. The molecule has 1 aromatic carbocycles. The number of rotatable bonds is 3. The molecule has 0 radical (unpaired) electrons. The molecular weight excluding hydrogens is 174 g/mol. The van der Waals surface area contributed by atoms with Gasteiger partial charge in [-0.05, 0) is 23.1 Å². The van der Waals surface area contributed by atoms with E-state index in [-0.39, 0.29) is 0 Å². The highest BCUT2D eigenvalue weighted by atomic mass is 16.1. The fourth-order valence-electron chi connectivity index (χ4n) is 1.36. The lowest BCUT2D eigenvalue weighted by atomic mass is 9.97. The Kier molecular flexibility index (Phi) is 3.46. The van der Waals surface area contributed by atoms with Crippen LogP contribution in [0.2, 0.25) is 0 Å². The highest BCUT2D eigenvalue weighted by Gasteiger charge is 2.02. The van der Waals surface area contributed by atoms with Gasteiger partial charge in [0.1, 0.15) is 0 Å². The summed E-state index contributed by atoms with van der Waals surface area (Å²) < 4.78 is 0. The fraction of sp³-hybridized carbons (Fsp3) is 0.250. The summed E-state index contributed by atoms with van der Waals surface area (Å²) in [5.74, 6) is 0.0345. The summed E-state index contributed by atoms with van der Waals surface area (Å²) >= 11 is 0. The predicted octanol–water partition coefficient (Wildman–Crippen LogP) is 2.31. The molecule has 74 valence electrons. The highest BCUT2D eigenvalue weighted by molar-refractivity contribution is 5.90. The van der Waals surface area contributed by atoms with Crippen molar-refractivity contribution in [1.29, 1.82) is 0 Å². The summed E-state index contributed by atoms with van der Waals surface area (Å²) in [5, 5.41) is 0. The second-order valence-electron chi connectivity index (χ2n) is 3.52. The molecule has 0 atom stereocenters. The molecule has 2 heteroatoms. The van der Waals surface area contributed by atoms with Crippen LogP contribution in [0, 0.1) is 0 Å². The Bertz CT molecular complexity index is 353. The predicted molar refractivity (Wildman–Crippen MR) is 58.8 cm³/mol. The molecule has 1 aromatic rings. The number of nitrogens with two attached hydrogens (primary N) is 1. The van der Waals surface area contributed by atoms with Gasteiger partial charge in [-0.1, -0.05) is 38.1 Å². The van der Waals surface area contributed by atoms with Crippen LogP contribution in [0.1, 0.15) is 30.9 Å². The third kappa shape index (κ3) is 2.73. The Labute approximate surface area is 84.4 Å².